The second-order valence-electron chi connectivity index (χ2n) is 8.83. The van der Waals surface area contributed by atoms with E-state index < -0.39 is 29.8 Å². The van der Waals surface area contributed by atoms with Crippen LogP contribution in [0.25, 0.3) is 11.4 Å². The van der Waals surface area contributed by atoms with Crippen molar-refractivity contribution in [3.05, 3.63) is 114 Å². The third-order valence-electron chi connectivity index (χ3n) is 5.95. The molecule has 1 heterocycles. The Hall–Kier alpha value is -4.99. The van der Waals surface area contributed by atoms with E-state index >= 15 is 0 Å². The molecular weight excluding hydrogens is 515 g/mol. The number of aryl methyl sites for hydroxylation is 1. The number of nitrogens with one attached hydrogen (secondary N) is 2. The number of rotatable bonds is 11. The summed E-state index contributed by atoms with van der Waals surface area (Å²) in [5.41, 5.74) is 1.98. The summed E-state index contributed by atoms with van der Waals surface area (Å²) in [6.07, 6.45) is 2.49. The normalized spacial score (nSPS) is 11.3. The topological polar surface area (TPSA) is 112 Å². The number of carbonyl (C=O) groups is 3. The Labute approximate surface area is 231 Å². The fourth-order valence-electron chi connectivity index (χ4n) is 3.90. The summed E-state index contributed by atoms with van der Waals surface area (Å²) in [6, 6.07) is 20.7. The standard InChI is InChI=1S/C30H29FN4O5/c1-2-35-14-13-32-27(35)23-15-24(17-25(31)16-23)28(36)33-18-26(29(37)39-19-21-9-5-3-6-10-21)34-30(38)40-20-22-11-7-4-8-12-22/h3-17,26H,2,18-20H2,1H3,(H,33,36)(H,34,38)/t26-/m1/s1. The summed E-state index contributed by atoms with van der Waals surface area (Å²) in [4.78, 5) is 42.6. The van der Waals surface area contributed by atoms with Gasteiger partial charge in [0.1, 0.15) is 30.9 Å². The predicted octanol–water partition coefficient (Wildman–Crippen LogP) is 4.48. The first-order chi connectivity index (χ1) is 19.4. The Morgan fingerprint density at radius 2 is 1.57 bits per heavy atom. The van der Waals surface area contributed by atoms with Gasteiger partial charge < -0.3 is 24.7 Å². The maximum atomic E-state index is 14.4. The average Bonchev–Trinajstić information content (AvgIpc) is 3.47. The van der Waals surface area contributed by atoms with Crippen LogP contribution in [-0.2, 0) is 34.0 Å². The number of carbonyl (C=O) groups excluding carboxylic acids is 3. The molecule has 3 aromatic carbocycles. The lowest BCUT2D eigenvalue weighted by Crippen LogP contribution is -2.49. The van der Waals surface area contributed by atoms with Gasteiger partial charge in [-0.3, -0.25) is 4.79 Å². The summed E-state index contributed by atoms with van der Waals surface area (Å²) in [7, 11) is 0. The molecule has 9 nitrogen and oxygen atoms in total. The van der Waals surface area contributed by atoms with Gasteiger partial charge in [0.15, 0.2) is 0 Å². The maximum Gasteiger partial charge on any atom is 0.408 e. The number of alkyl carbamates (subject to hydrolysis) is 1. The average molecular weight is 545 g/mol. The molecule has 2 amide bonds. The number of ether oxygens (including phenoxy) is 2. The van der Waals surface area contributed by atoms with E-state index in [9.17, 15) is 18.8 Å². The molecule has 0 aliphatic carbocycles. The second kappa shape index (κ2) is 13.7. The molecular formula is C30H29FN4O5. The van der Waals surface area contributed by atoms with Crippen LogP contribution in [-0.4, -0.2) is 40.1 Å². The highest BCUT2D eigenvalue weighted by Gasteiger charge is 2.25. The van der Waals surface area contributed by atoms with Gasteiger partial charge in [0.05, 0.1) is 0 Å². The maximum absolute atomic E-state index is 14.4. The van der Waals surface area contributed by atoms with Crippen molar-refractivity contribution in [1.82, 2.24) is 20.2 Å². The molecule has 0 saturated heterocycles. The molecule has 206 valence electrons. The van der Waals surface area contributed by atoms with Crippen molar-refractivity contribution in [2.24, 2.45) is 0 Å². The first kappa shape index (κ1) is 28.0. The van der Waals surface area contributed by atoms with E-state index in [2.05, 4.69) is 15.6 Å². The van der Waals surface area contributed by atoms with E-state index in [0.717, 1.165) is 17.2 Å². The molecule has 0 bridgehead atoms. The molecule has 1 aromatic heterocycles. The van der Waals surface area contributed by atoms with Gasteiger partial charge >= 0.3 is 12.1 Å². The van der Waals surface area contributed by atoms with Gasteiger partial charge in [-0.2, -0.15) is 0 Å². The summed E-state index contributed by atoms with van der Waals surface area (Å²) in [6.45, 7) is 2.19. The molecule has 4 aromatic rings. The van der Waals surface area contributed by atoms with Crippen molar-refractivity contribution in [3.8, 4) is 11.4 Å². The van der Waals surface area contributed by atoms with Gasteiger partial charge in [-0.1, -0.05) is 60.7 Å². The highest BCUT2D eigenvalue weighted by atomic mass is 19.1. The van der Waals surface area contributed by atoms with Crippen molar-refractivity contribution >= 4 is 18.0 Å². The quantitative estimate of drug-likeness (QED) is 0.270. The molecule has 0 aliphatic rings. The van der Waals surface area contributed by atoms with E-state index in [1.807, 2.05) is 35.8 Å². The molecule has 0 aliphatic heterocycles. The molecule has 0 saturated carbocycles. The Kier molecular flexibility index (Phi) is 9.60. The number of hydrogen-bond acceptors (Lipinski definition) is 6. The third kappa shape index (κ3) is 7.76. The van der Waals surface area contributed by atoms with Crippen LogP contribution < -0.4 is 10.6 Å². The van der Waals surface area contributed by atoms with Crippen molar-refractivity contribution in [3.63, 3.8) is 0 Å². The fourth-order valence-corrected chi connectivity index (χ4v) is 3.90. The Morgan fingerprint density at radius 3 is 2.23 bits per heavy atom. The number of imidazole rings is 1. The van der Waals surface area contributed by atoms with Crippen LogP contribution >= 0.6 is 0 Å². The largest absolute Gasteiger partial charge is 0.459 e. The summed E-state index contributed by atoms with van der Waals surface area (Å²) >= 11 is 0. The number of aromatic nitrogens is 2. The molecule has 1 atom stereocenters. The van der Waals surface area contributed by atoms with Crippen molar-refractivity contribution in [2.45, 2.75) is 32.7 Å². The van der Waals surface area contributed by atoms with Gasteiger partial charge in [-0.25, -0.2) is 19.0 Å². The third-order valence-corrected chi connectivity index (χ3v) is 5.95. The first-order valence-electron chi connectivity index (χ1n) is 12.7. The smallest absolute Gasteiger partial charge is 0.408 e. The molecule has 2 N–H and O–H groups in total. The monoisotopic (exact) mass is 544 g/mol. The SMILES string of the molecule is CCn1ccnc1-c1cc(F)cc(C(=O)NC[C@@H](NC(=O)OCc2ccccc2)C(=O)OCc2ccccc2)c1. The first-order valence-corrected chi connectivity index (χ1v) is 12.7. The summed E-state index contributed by atoms with van der Waals surface area (Å²) in [5.74, 6) is -1.52. The number of esters is 1. The number of benzene rings is 3. The van der Waals surface area contributed by atoms with Gasteiger partial charge in [0.25, 0.3) is 5.91 Å². The van der Waals surface area contributed by atoms with E-state index in [4.69, 9.17) is 9.47 Å². The van der Waals surface area contributed by atoms with Crippen molar-refractivity contribution in [1.29, 1.82) is 0 Å². The van der Waals surface area contributed by atoms with Gasteiger partial charge in [-0.05, 0) is 36.2 Å². The van der Waals surface area contributed by atoms with Crippen LogP contribution in [0.5, 0.6) is 0 Å². The zero-order valence-electron chi connectivity index (χ0n) is 21.9. The molecule has 10 heteroatoms. The highest BCUT2D eigenvalue weighted by molar-refractivity contribution is 5.95. The van der Waals surface area contributed by atoms with Crippen LogP contribution in [0.3, 0.4) is 0 Å². The van der Waals surface area contributed by atoms with E-state index in [0.29, 0.717) is 17.9 Å². The van der Waals surface area contributed by atoms with Crippen molar-refractivity contribution in [2.75, 3.05) is 6.54 Å². The number of halogens is 1. The highest BCUT2D eigenvalue weighted by Crippen LogP contribution is 2.21. The minimum atomic E-state index is -1.26. The van der Waals surface area contributed by atoms with E-state index in [1.165, 1.54) is 12.1 Å². The second-order valence-corrected chi connectivity index (χ2v) is 8.83. The van der Waals surface area contributed by atoms with Crippen LogP contribution in [0.4, 0.5) is 9.18 Å². The summed E-state index contributed by atoms with van der Waals surface area (Å²) in [5, 5.41) is 5.03. The Morgan fingerprint density at radius 1 is 0.925 bits per heavy atom. The molecule has 0 radical (unpaired) electrons. The van der Waals surface area contributed by atoms with E-state index in [1.54, 1.807) is 48.8 Å². The minimum Gasteiger partial charge on any atom is -0.459 e. The predicted molar refractivity (Wildman–Crippen MR) is 145 cm³/mol. The van der Waals surface area contributed by atoms with E-state index in [-0.39, 0.29) is 25.3 Å². The van der Waals surface area contributed by atoms with Gasteiger partial charge in [-0.15, -0.1) is 0 Å². The molecule has 0 spiro atoms. The number of hydrogen-bond donors (Lipinski definition) is 2. The zero-order chi connectivity index (χ0) is 28.3. The zero-order valence-corrected chi connectivity index (χ0v) is 21.9. The fraction of sp³-hybridized carbons (Fsp3) is 0.200. The molecule has 0 fully saturated rings. The Balaban J connectivity index is 1.43. The minimum absolute atomic E-state index is 0.00952. The Bertz CT molecular complexity index is 1440. The van der Waals surface area contributed by atoms with Crippen LogP contribution in [0.2, 0.25) is 0 Å². The summed E-state index contributed by atoms with van der Waals surface area (Å²) < 4.78 is 26.9. The van der Waals surface area contributed by atoms with Crippen LogP contribution in [0.1, 0.15) is 28.4 Å². The van der Waals surface area contributed by atoms with Crippen molar-refractivity contribution < 1.29 is 28.2 Å². The van der Waals surface area contributed by atoms with Crippen LogP contribution in [0, 0.1) is 5.82 Å². The lowest BCUT2D eigenvalue weighted by molar-refractivity contribution is -0.147. The van der Waals surface area contributed by atoms with Crippen LogP contribution in [0.15, 0.2) is 91.3 Å². The number of amides is 2. The molecule has 0 unspecified atom stereocenters. The van der Waals surface area contributed by atoms with Gasteiger partial charge in [0.2, 0.25) is 0 Å². The number of nitrogens with zero attached hydrogens (tertiary/aromatic N) is 2. The van der Waals surface area contributed by atoms with Gasteiger partial charge in [0, 0.05) is 36.6 Å². The molecule has 40 heavy (non-hydrogen) atoms. The molecule has 4 rings (SSSR count). The lowest BCUT2D eigenvalue weighted by Gasteiger charge is -2.18. The lowest BCUT2D eigenvalue weighted by atomic mass is 10.1.